The Morgan fingerprint density at radius 1 is 0.903 bits per heavy atom. The van der Waals surface area contributed by atoms with Crippen molar-refractivity contribution in [1.82, 2.24) is 4.98 Å². The zero-order chi connectivity index (χ0) is 21.5. The fourth-order valence-electron chi connectivity index (χ4n) is 3.45. The molecule has 0 fully saturated rings. The molecule has 0 aliphatic rings. The lowest BCUT2D eigenvalue weighted by atomic mass is 10.0. The van der Waals surface area contributed by atoms with E-state index < -0.39 is 0 Å². The van der Waals surface area contributed by atoms with Crippen LogP contribution in [0.25, 0.3) is 33.3 Å². The van der Waals surface area contributed by atoms with Crippen LogP contribution in [0, 0.1) is 0 Å². The topological polar surface area (TPSA) is 55.1 Å². The number of rotatable bonds is 3. The van der Waals surface area contributed by atoms with Gasteiger partial charge in [0.1, 0.15) is 5.52 Å². The smallest absolute Gasteiger partial charge is 0.256 e. The van der Waals surface area contributed by atoms with Gasteiger partial charge in [0.05, 0.1) is 10.6 Å². The van der Waals surface area contributed by atoms with Crippen LogP contribution in [-0.2, 0) is 0 Å². The van der Waals surface area contributed by atoms with Gasteiger partial charge in [-0.25, -0.2) is 4.98 Å². The van der Waals surface area contributed by atoms with Gasteiger partial charge in [-0.1, -0.05) is 63.4 Å². The Morgan fingerprint density at radius 3 is 2.58 bits per heavy atom. The molecule has 0 unspecified atom stereocenters. The number of nitrogens with one attached hydrogen (secondary N) is 1. The zero-order valence-electron chi connectivity index (χ0n) is 15.8. The summed E-state index contributed by atoms with van der Waals surface area (Å²) in [4.78, 5) is 17.5. The Kier molecular flexibility index (Phi) is 5.18. The summed E-state index contributed by atoms with van der Waals surface area (Å²) < 4.78 is 6.73. The molecule has 31 heavy (non-hydrogen) atoms. The van der Waals surface area contributed by atoms with Crippen molar-refractivity contribution in [2.45, 2.75) is 0 Å². The molecule has 0 aliphatic heterocycles. The van der Waals surface area contributed by atoms with Crippen LogP contribution >= 0.6 is 39.1 Å². The van der Waals surface area contributed by atoms with Gasteiger partial charge in [0.2, 0.25) is 5.89 Å². The average molecular weight is 512 g/mol. The molecule has 0 aliphatic carbocycles. The Bertz CT molecular complexity index is 1480. The second-order valence-electron chi connectivity index (χ2n) is 6.92. The van der Waals surface area contributed by atoms with Gasteiger partial charge in [-0.05, 0) is 53.9 Å². The van der Waals surface area contributed by atoms with E-state index in [2.05, 4.69) is 26.2 Å². The van der Waals surface area contributed by atoms with Gasteiger partial charge in [-0.2, -0.15) is 0 Å². The number of aromatic nitrogens is 1. The first kappa shape index (κ1) is 20.1. The van der Waals surface area contributed by atoms with E-state index >= 15 is 0 Å². The quantitative estimate of drug-likeness (QED) is 0.267. The lowest BCUT2D eigenvalue weighted by Gasteiger charge is -2.09. The Hall–Kier alpha value is -2.86. The molecule has 7 heteroatoms. The molecular weight excluding hydrogens is 499 g/mol. The van der Waals surface area contributed by atoms with Gasteiger partial charge < -0.3 is 9.73 Å². The van der Waals surface area contributed by atoms with E-state index in [-0.39, 0.29) is 5.91 Å². The summed E-state index contributed by atoms with van der Waals surface area (Å²) in [6.45, 7) is 0. The van der Waals surface area contributed by atoms with Crippen LogP contribution in [0.2, 0.25) is 10.0 Å². The van der Waals surface area contributed by atoms with Crippen molar-refractivity contribution in [3.8, 4) is 11.5 Å². The van der Waals surface area contributed by atoms with Crippen molar-refractivity contribution in [1.29, 1.82) is 0 Å². The van der Waals surface area contributed by atoms with Crippen molar-refractivity contribution in [2.75, 3.05) is 5.32 Å². The van der Waals surface area contributed by atoms with Crippen molar-refractivity contribution in [2.24, 2.45) is 0 Å². The Labute approximate surface area is 195 Å². The first-order valence-electron chi connectivity index (χ1n) is 9.34. The summed E-state index contributed by atoms with van der Waals surface area (Å²) in [5.41, 5.74) is 3.05. The highest BCUT2D eigenvalue weighted by Gasteiger charge is 2.15. The van der Waals surface area contributed by atoms with Crippen LogP contribution in [0.3, 0.4) is 0 Å². The van der Waals surface area contributed by atoms with Gasteiger partial charge in [-0.3, -0.25) is 4.79 Å². The number of amides is 1. The maximum absolute atomic E-state index is 13.0. The van der Waals surface area contributed by atoms with E-state index in [4.69, 9.17) is 27.6 Å². The van der Waals surface area contributed by atoms with Crippen LogP contribution in [0.5, 0.6) is 0 Å². The molecule has 4 nitrogen and oxygen atoms in total. The molecule has 0 saturated heterocycles. The van der Waals surface area contributed by atoms with Crippen LogP contribution in [-0.4, -0.2) is 10.9 Å². The summed E-state index contributed by atoms with van der Waals surface area (Å²) in [7, 11) is 0. The van der Waals surface area contributed by atoms with Gasteiger partial charge >= 0.3 is 0 Å². The number of anilines is 1. The van der Waals surface area contributed by atoms with Crippen LogP contribution in [0.15, 0.2) is 81.7 Å². The molecule has 1 heterocycles. The highest BCUT2D eigenvalue weighted by atomic mass is 79.9. The number of carbonyl (C=O) groups is 1. The first-order valence-corrected chi connectivity index (χ1v) is 10.9. The maximum atomic E-state index is 13.0. The molecular formula is C24H13BrCl2N2O2. The minimum atomic E-state index is -0.231. The third-order valence-electron chi connectivity index (χ3n) is 4.92. The monoisotopic (exact) mass is 510 g/mol. The molecule has 1 aromatic heterocycles. The number of halogens is 3. The third kappa shape index (κ3) is 3.81. The first-order chi connectivity index (χ1) is 15.0. The van der Waals surface area contributed by atoms with Crippen molar-refractivity contribution in [3.63, 3.8) is 0 Å². The van der Waals surface area contributed by atoms with Gasteiger partial charge in [0, 0.05) is 26.1 Å². The number of fused-ring (bicyclic) bond motifs is 2. The number of carbonyl (C=O) groups excluding carboxylic acids is 1. The fourth-order valence-corrected chi connectivity index (χ4v) is 4.25. The van der Waals surface area contributed by atoms with Crippen molar-refractivity contribution < 1.29 is 9.21 Å². The molecule has 1 N–H and O–H groups in total. The summed E-state index contributed by atoms with van der Waals surface area (Å²) in [5.74, 6) is 0.180. The molecule has 1 amide bonds. The lowest BCUT2D eigenvalue weighted by Crippen LogP contribution is -2.12. The number of hydrogen-bond donors (Lipinski definition) is 1. The minimum absolute atomic E-state index is 0.231. The Balaban J connectivity index is 1.48. The Morgan fingerprint density at radius 2 is 1.71 bits per heavy atom. The maximum Gasteiger partial charge on any atom is 0.256 e. The number of nitrogens with zero attached hydrogens (tertiary/aromatic N) is 1. The third-order valence-corrected chi connectivity index (χ3v) is 6.07. The largest absolute Gasteiger partial charge is 0.436 e. The van der Waals surface area contributed by atoms with Crippen LogP contribution in [0.4, 0.5) is 5.69 Å². The molecule has 0 saturated carbocycles. The molecule has 152 valence electrons. The molecule has 0 radical (unpaired) electrons. The number of oxazole rings is 1. The predicted molar refractivity (Wildman–Crippen MR) is 129 cm³/mol. The fraction of sp³-hybridized carbons (Fsp3) is 0. The minimum Gasteiger partial charge on any atom is -0.436 e. The normalized spacial score (nSPS) is 11.2. The summed E-state index contributed by atoms with van der Waals surface area (Å²) >= 11 is 16.0. The SMILES string of the molecule is O=C(Nc1ccc2oc(-c3cc(Br)ccc3Cl)nc2c1)c1cccc2c(Cl)cccc12. The molecule has 0 atom stereocenters. The predicted octanol–water partition coefficient (Wildman–Crippen LogP) is 7.97. The van der Waals surface area contributed by atoms with Gasteiger partial charge in [0.25, 0.3) is 5.91 Å². The van der Waals surface area contributed by atoms with E-state index in [0.717, 1.165) is 15.2 Å². The molecule has 5 rings (SSSR count). The second-order valence-corrected chi connectivity index (χ2v) is 8.65. The number of hydrogen-bond acceptors (Lipinski definition) is 3. The second kappa shape index (κ2) is 8.00. The lowest BCUT2D eigenvalue weighted by molar-refractivity contribution is 0.102. The van der Waals surface area contributed by atoms with E-state index in [9.17, 15) is 4.79 Å². The van der Waals surface area contributed by atoms with Crippen molar-refractivity contribution in [3.05, 3.63) is 92.9 Å². The number of benzene rings is 4. The average Bonchev–Trinajstić information content (AvgIpc) is 3.18. The van der Waals surface area contributed by atoms with Gasteiger partial charge in [-0.15, -0.1) is 0 Å². The van der Waals surface area contributed by atoms with Crippen molar-refractivity contribution >= 4 is 72.6 Å². The van der Waals surface area contributed by atoms with Gasteiger partial charge in [0.15, 0.2) is 5.58 Å². The van der Waals surface area contributed by atoms with Crippen LogP contribution < -0.4 is 5.32 Å². The molecule has 0 bridgehead atoms. The molecule has 4 aromatic carbocycles. The molecule has 5 aromatic rings. The summed E-state index contributed by atoms with van der Waals surface area (Å²) in [6, 6.07) is 21.8. The van der Waals surface area contributed by atoms with E-state index in [1.54, 1.807) is 36.4 Å². The van der Waals surface area contributed by atoms with E-state index in [1.165, 1.54) is 0 Å². The van der Waals surface area contributed by atoms with E-state index in [0.29, 0.717) is 43.9 Å². The molecule has 0 spiro atoms. The highest BCUT2D eigenvalue weighted by molar-refractivity contribution is 9.10. The highest BCUT2D eigenvalue weighted by Crippen LogP contribution is 2.33. The summed E-state index contributed by atoms with van der Waals surface area (Å²) in [5, 5.41) is 5.71. The standard InChI is InChI=1S/C24H13BrCl2N2O2/c25-13-7-9-20(27)18(11-13)24-29-21-12-14(8-10-22(21)31-24)28-23(30)17-5-1-4-16-15(17)3-2-6-19(16)26/h1-12H,(H,28,30). The zero-order valence-corrected chi connectivity index (χ0v) is 18.9. The van der Waals surface area contributed by atoms with Crippen LogP contribution in [0.1, 0.15) is 10.4 Å². The van der Waals surface area contributed by atoms with E-state index in [1.807, 2.05) is 36.4 Å². The summed E-state index contributed by atoms with van der Waals surface area (Å²) in [6.07, 6.45) is 0.